The fourth-order valence-corrected chi connectivity index (χ4v) is 10.1. The predicted octanol–water partition coefficient (Wildman–Crippen LogP) is 3.80. The van der Waals surface area contributed by atoms with E-state index in [4.69, 9.17) is 28.4 Å². The monoisotopic (exact) mass is 632 g/mol. The third kappa shape index (κ3) is 3.47. The Labute approximate surface area is 267 Å². The van der Waals surface area contributed by atoms with E-state index < -0.39 is 88.6 Å². The number of rotatable bonds is 5. The van der Waals surface area contributed by atoms with Crippen molar-refractivity contribution in [2.75, 3.05) is 0 Å². The molecule has 2 aromatic carbocycles. The molecule has 2 aromatic rings. The minimum atomic E-state index is -1.69. The first-order valence-corrected chi connectivity index (χ1v) is 16.1. The van der Waals surface area contributed by atoms with Crippen molar-refractivity contribution in [2.45, 2.75) is 99.9 Å². The number of aliphatic hydroxyl groups excluding tert-OH is 1. The number of esters is 2. The van der Waals surface area contributed by atoms with Gasteiger partial charge in [0.2, 0.25) is 0 Å². The van der Waals surface area contributed by atoms with Crippen LogP contribution in [0.25, 0.3) is 0 Å². The maximum absolute atomic E-state index is 13.9. The lowest BCUT2D eigenvalue weighted by molar-refractivity contribution is -0.388. The van der Waals surface area contributed by atoms with Gasteiger partial charge in [0.25, 0.3) is 5.97 Å². The van der Waals surface area contributed by atoms with Gasteiger partial charge in [-0.15, -0.1) is 0 Å². The minimum absolute atomic E-state index is 0.302. The molecule has 46 heavy (non-hydrogen) atoms. The van der Waals surface area contributed by atoms with Crippen molar-refractivity contribution >= 4 is 11.9 Å². The summed E-state index contributed by atoms with van der Waals surface area (Å²) in [5, 5.41) is 25.4. The second-order valence-electron chi connectivity index (χ2n) is 14.5. The first-order chi connectivity index (χ1) is 21.7. The van der Waals surface area contributed by atoms with E-state index >= 15 is 0 Å². The van der Waals surface area contributed by atoms with Crippen molar-refractivity contribution in [3.8, 4) is 0 Å². The molecule has 244 valence electrons. The Balaban J connectivity index is 1.34. The molecule has 4 bridgehead atoms. The maximum Gasteiger partial charge on any atom is 0.338 e. The number of ether oxygens (including phenoxy) is 6. The lowest BCUT2D eigenvalue weighted by Crippen LogP contribution is -2.80. The zero-order valence-corrected chi connectivity index (χ0v) is 26.5. The van der Waals surface area contributed by atoms with Crippen LogP contribution in [0.15, 0.2) is 72.8 Å². The van der Waals surface area contributed by atoms with E-state index in [9.17, 15) is 19.8 Å². The highest BCUT2D eigenvalue weighted by atomic mass is 16.9. The van der Waals surface area contributed by atoms with Gasteiger partial charge in [-0.3, -0.25) is 0 Å². The molecule has 3 aliphatic heterocycles. The van der Waals surface area contributed by atoms with E-state index in [0.29, 0.717) is 23.1 Å². The summed E-state index contributed by atoms with van der Waals surface area (Å²) >= 11 is 0. The van der Waals surface area contributed by atoms with E-state index in [0.717, 1.165) is 0 Å². The molecule has 0 amide bonds. The Bertz CT molecular complexity index is 1610. The number of carbonyl (C=O) groups excluding carboxylic acids is 2. The zero-order valence-electron chi connectivity index (χ0n) is 26.5. The molecule has 2 N–H and O–H groups in total. The highest BCUT2D eigenvalue weighted by Gasteiger charge is 2.90. The molecule has 6 fully saturated rings. The van der Waals surface area contributed by atoms with Crippen LogP contribution in [0, 0.1) is 23.7 Å². The van der Waals surface area contributed by atoms with Crippen LogP contribution in [0.1, 0.15) is 61.8 Å². The predicted molar refractivity (Wildman–Crippen MR) is 161 cm³/mol. The van der Waals surface area contributed by atoms with Gasteiger partial charge in [0.1, 0.15) is 35.1 Å². The average molecular weight is 633 g/mol. The summed E-state index contributed by atoms with van der Waals surface area (Å²) in [6.45, 7) is 13.3. The van der Waals surface area contributed by atoms with Crippen LogP contribution in [0.3, 0.4) is 0 Å². The smallest absolute Gasteiger partial charge is 0.338 e. The summed E-state index contributed by atoms with van der Waals surface area (Å²) in [5.41, 5.74) is -4.58. The molecule has 6 aliphatic rings. The van der Waals surface area contributed by atoms with Gasteiger partial charge >= 0.3 is 11.9 Å². The van der Waals surface area contributed by atoms with Crippen molar-refractivity contribution in [3.05, 3.63) is 83.9 Å². The largest absolute Gasteiger partial charge is 0.455 e. The highest BCUT2D eigenvalue weighted by Crippen LogP contribution is 2.73. The van der Waals surface area contributed by atoms with Gasteiger partial charge in [-0.2, -0.15) is 0 Å². The molecule has 3 saturated carbocycles. The Morgan fingerprint density at radius 3 is 2.04 bits per heavy atom. The van der Waals surface area contributed by atoms with Gasteiger partial charge in [0.05, 0.1) is 28.7 Å². The standard InChI is InChI=1S/C36H40O10/c1-18(2)35-26-20(4)34(40)23-17-19(3)25(37)36(23)31(42-30(39)22-15-11-8-12-16-22)32(5,45-36)27(41-29(38)21-13-9-7-10-14-21)24(34)28(35)44-33(6,43-26)46-35/h7-16,19-20,23-28,31,37,40H,1,17H2,2-6H3/t19-,20+,23-,24-,25-,26-,27-,28+,31+,32+,33+,34-,35-,36+/m0/s1. The van der Waals surface area contributed by atoms with E-state index in [-0.39, 0.29) is 5.92 Å². The van der Waals surface area contributed by atoms with Crippen LogP contribution in [0.5, 0.6) is 0 Å². The second-order valence-corrected chi connectivity index (χ2v) is 14.5. The lowest BCUT2D eigenvalue weighted by atomic mass is 9.53. The molecule has 0 unspecified atom stereocenters. The topological polar surface area (TPSA) is 130 Å². The summed E-state index contributed by atoms with van der Waals surface area (Å²) in [4.78, 5) is 27.6. The van der Waals surface area contributed by atoms with E-state index in [1.807, 2.05) is 20.8 Å². The third-order valence-corrected chi connectivity index (χ3v) is 12.0. The molecule has 10 nitrogen and oxygen atoms in total. The number of hydrogen-bond donors (Lipinski definition) is 2. The Hall–Kier alpha value is -3.12. The van der Waals surface area contributed by atoms with Crippen LogP contribution in [-0.2, 0) is 28.4 Å². The molecule has 8 rings (SSSR count). The molecule has 0 aromatic heterocycles. The van der Waals surface area contributed by atoms with Crippen LogP contribution >= 0.6 is 0 Å². The van der Waals surface area contributed by atoms with Crippen molar-refractivity contribution in [1.29, 1.82) is 0 Å². The van der Waals surface area contributed by atoms with Crippen LogP contribution in [0.2, 0.25) is 0 Å². The summed E-state index contributed by atoms with van der Waals surface area (Å²) in [6, 6.07) is 17.1. The summed E-state index contributed by atoms with van der Waals surface area (Å²) in [7, 11) is 0. The van der Waals surface area contributed by atoms with Crippen LogP contribution in [0.4, 0.5) is 0 Å². The molecular formula is C36H40O10. The number of fused-ring (bicyclic) bond motifs is 5. The summed E-state index contributed by atoms with van der Waals surface area (Å²) < 4.78 is 39.2. The number of hydrogen-bond acceptors (Lipinski definition) is 10. The van der Waals surface area contributed by atoms with Crippen molar-refractivity contribution < 1.29 is 48.2 Å². The Morgan fingerprint density at radius 2 is 1.46 bits per heavy atom. The molecule has 1 spiro atoms. The van der Waals surface area contributed by atoms with E-state index in [2.05, 4.69) is 6.58 Å². The lowest BCUT2D eigenvalue weighted by Gasteiger charge is -2.62. The zero-order chi connectivity index (χ0) is 32.6. The third-order valence-electron chi connectivity index (χ3n) is 12.0. The van der Waals surface area contributed by atoms with E-state index in [1.165, 1.54) is 0 Å². The first kappa shape index (κ1) is 30.2. The number of benzene rings is 2. The van der Waals surface area contributed by atoms with E-state index in [1.54, 1.807) is 74.5 Å². The highest BCUT2D eigenvalue weighted by molar-refractivity contribution is 5.90. The molecule has 3 heterocycles. The number of carbonyl (C=O) groups is 2. The minimum Gasteiger partial charge on any atom is -0.455 e. The van der Waals surface area contributed by atoms with Crippen molar-refractivity contribution in [2.24, 2.45) is 23.7 Å². The molecule has 3 saturated heterocycles. The normalized spacial score (nSPS) is 49.2. The fourth-order valence-electron chi connectivity index (χ4n) is 10.1. The van der Waals surface area contributed by atoms with Crippen LogP contribution < -0.4 is 0 Å². The fraction of sp³-hybridized carbons (Fsp3) is 0.556. The van der Waals surface area contributed by atoms with Gasteiger partial charge in [-0.05, 0) is 56.0 Å². The van der Waals surface area contributed by atoms with Crippen molar-refractivity contribution in [1.82, 2.24) is 0 Å². The Kier molecular flexibility index (Phi) is 6.24. The molecule has 14 atom stereocenters. The van der Waals surface area contributed by atoms with Gasteiger partial charge in [0.15, 0.2) is 6.10 Å². The molecule has 10 heteroatoms. The molecule has 3 aliphatic carbocycles. The molecular weight excluding hydrogens is 592 g/mol. The second kappa shape index (κ2) is 9.49. The summed E-state index contributed by atoms with van der Waals surface area (Å²) in [6.07, 6.45) is -4.60. The molecule has 0 radical (unpaired) electrons. The number of aliphatic hydroxyl groups is 2. The first-order valence-electron chi connectivity index (χ1n) is 16.1. The van der Waals surface area contributed by atoms with Gasteiger partial charge in [-0.25, -0.2) is 9.59 Å². The quantitative estimate of drug-likeness (QED) is 0.371. The van der Waals surface area contributed by atoms with Gasteiger partial charge in [-0.1, -0.05) is 56.8 Å². The maximum atomic E-state index is 13.9. The van der Waals surface area contributed by atoms with Gasteiger partial charge < -0.3 is 38.6 Å². The summed E-state index contributed by atoms with van der Waals surface area (Å²) in [5.74, 6) is -5.33. The Morgan fingerprint density at radius 1 is 0.891 bits per heavy atom. The van der Waals surface area contributed by atoms with Gasteiger partial charge in [0, 0.05) is 18.8 Å². The average Bonchev–Trinajstić information content (AvgIpc) is 3.61. The van der Waals surface area contributed by atoms with Crippen molar-refractivity contribution in [3.63, 3.8) is 0 Å². The SMILES string of the molecule is C=C(C)[C@@]12O[C@@]3(C)O[C@@H]1[C@@H]1[C@H](OC(=O)c4ccccc4)[C@@]4(C)O[C@@]5([C@@H]4OC(=O)c4ccccc4)[C@@H](O)[C@@H](C)C[C@H]5[C@@]1(O)[C@H](C)[C@@H]2O3. The van der Waals surface area contributed by atoms with Crippen LogP contribution in [-0.4, -0.2) is 81.0 Å².